The van der Waals surface area contributed by atoms with E-state index < -0.39 is 41.5 Å². The number of aromatic amines is 1. The van der Waals surface area contributed by atoms with Gasteiger partial charge in [0, 0.05) is 12.3 Å². The smallest absolute Gasteiger partial charge is 0.408 e. The molecule has 8 nitrogen and oxygen atoms in total. The van der Waals surface area contributed by atoms with Crippen molar-refractivity contribution >= 4 is 17.0 Å². The number of fused-ring (bicyclic) bond motifs is 1. The van der Waals surface area contributed by atoms with E-state index in [1.165, 1.54) is 12.3 Å². The summed E-state index contributed by atoms with van der Waals surface area (Å²) in [5.41, 5.74) is -0.429. The molecular formula is C20H11F5N4O4. The zero-order chi connectivity index (χ0) is 23.8. The van der Waals surface area contributed by atoms with Crippen molar-refractivity contribution in [1.82, 2.24) is 20.3 Å². The molecule has 2 N–H and O–H groups in total. The number of oxazole rings is 1. The van der Waals surface area contributed by atoms with Crippen molar-refractivity contribution in [2.75, 3.05) is 0 Å². The monoisotopic (exact) mass is 466 g/mol. The van der Waals surface area contributed by atoms with E-state index in [0.29, 0.717) is 12.1 Å². The minimum atomic E-state index is -5.12. The highest BCUT2D eigenvalue weighted by atomic mass is 19.4. The maximum atomic E-state index is 14.4. The first-order chi connectivity index (χ1) is 15.6. The summed E-state index contributed by atoms with van der Waals surface area (Å²) >= 11 is 0. The summed E-state index contributed by atoms with van der Waals surface area (Å²) in [4.78, 5) is 34.1. The van der Waals surface area contributed by atoms with Gasteiger partial charge in [-0.3, -0.25) is 14.8 Å². The summed E-state index contributed by atoms with van der Waals surface area (Å²) < 4.78 is 74.5. The Bertz CT molecular complexity index is 1400. The van der Waals surface area contributed by atoms with E-state index in [1.807, 2.05) is 0 Å². The third-order valence-corrected chi connectivity index (χ3v) is 4.39. The molecule has 0 spiro atoms. The number of benzene rings is 1. The van der Waals surface area contributed by atoms with Crippen molar-refractivity contribution < 1.29 is 35.9 Å². The van der Waals surface area contributed by atoms with Crippen molar-refractivity contribution in [3.63, 3.8) is 0 Å². The Balaban J connectivity index is 1.71. The Hall–Kier alpha value is -4.29. The highest BCUT2D eigenvalue weighted by molar-refractivity contribution is 5.95. The molecule has 0 aliphatic heterocycles. The number of amides is 1. The van der Waals surface area contributed by atoms with Crippen LogP contribution in [-0.4, -0.2) is 27.2 Å². The van der Waals surface area contributed by atoms with Crippen LogP contribution < -0.4 is 15.8 Å². The SMILES string of the molecule is O=C(NC(c1ccc(OC(F)(F)F)c(F)c1)c1ncccc1F)c1cc2oc(=O)[nH]c2cn1. The van der Waals surface area contributed by atoms with Crippen LogP contribution in [0.2, 0.25) is 0 Å². The van der Waals surface area contributed by atoms with Crippen LogP contribution in [0.15, 0.2) is 58.0 Å². The lowest BCUT2D eigenvalue weighted by Crippen LogP contribution is -2.31. The van der Waals surface area contributed by atoms with Crippen LogP contribution in [0.5, 0.6) is 5.75 Å². The van der Waals surface area contributed by atoms with Crippen molar-refractivity contribution in [3.8, 4) is 5.75 Å². The van der Waals surface area contributed by atoms with Crippen LogP contribution in [0.4, 0.5) is 22.0 Å². The molecule has 1 amide bonds. The first kappa shape index (κ1) is 21.9. The van der Waals surface area contributed by atoms with Gasteiger partial charge >= 0.3 is 12.1 Å². The first-order valence-electron chi connectivity index (χ1n) is 9.06. The molecule has 0 radical (unpaired) electrons. The molecular weight excluding hydrogens is 455 g/mol. The minimum Gasteiger partial charge on any atom is -0.408 e. The normalized spacial score (nSPS) is 12.5. The average Bonchev–Trinajstić information content (AvgIpc) is 3.12. The molecule has 0 saturated carbocycles. The predicted octanol–water partition coefficient (Wildman–Crippen LogP) is 3.61. The Kier molecular flexibility index (Phi) is 5.54. The number of H-pyrrole nitrogens is 1. The van der Waals surface area contributed by atoms with E-state index in [9.17, 15) is 31.5 Å². The largest absolute Gasteiger partial charge is 0.573 e. The molecule has 1 aromatic carbocycles. The lowest BCUT2D eigenvalue weighted by Gasteiger charge is -2.20. The Morgan fingerprint density at radius 3 is 2.61 bits per heavy atom. The van der Waals surface area contributed by atoms with Gasteiger partial charge in [0.1, 0.15) is 22.7 Å². The van der Waals surface area contributed by atoms with E-state index in [1.54, 1.807) is 0 Å². The van der Waals surface area contributed by atoms with Crippen LogP contribution in [0.3, 0.4) is 0 Å². The minimum absolute atomic E-state index is 0.0282. The molecule has 170 valence electrons. The van der Waals surface area contributed by atoms with E-state index >= 15 is 0 Å². The summed E-state index contributed by atoms with van der Waals surface area (Å²) in [5.74, 6) is -5.01. The van der Waals surface area contributed by atoms with Crippen molar-refractivity contribution in [2.24, 2.45) is 0 Å². The van der Waals surface area contributed by atoms with Crippen molar-refractivity contribution in [2.45, 2.75) is 12.4 Å². The number of hydrogen-bond acceptors (Lipinski definition) is 6. The molecule has 4 aromatic rings. The predicted molar refractivity (Wildman–Crippen MR) is 101 cm³/mol. The zero-order valence-electron chi connectivity index (χ0n) is 16.1. The molecule has 0 fully saturated rings. The van der Waals surface area contributed by atoms with E-state index in [-0.39, 0.29) is 28.1 Å². The van der Waals surface area contributed by atoms with Gasteiger partial charge in [-0.25, -0.2) is 18.6 Å². The molecule has 3 heterocycles. The Morgan fingerprint density at radius 2 is 1.91 bits per heavy atom. The lowest BCUT2D eigenvalue weighted by molar-refractivity contribution is -0.275. The summed E-state index contributed by atoms with van der Waals surface area (Å²) in [7, 11) is 0. The maximum absolute atomic E-state index is 14.4. The number of alkyl halides is 3. The number of rotatable bonds is 5. The average molecular weight is 466 g/mol. The fraction of sp³-hybridized carbons (Fsp3) is 0.100. The number of nitrogens with zero attached hydrogens (tertiary/aromatic N) is 2. The number of ether oxygens (including phenoxy) is 1. The van der Waals surface area contributed by atoms with Crippen LogP contribution in [0.25, 0.3) is 11.1 Å². The second-order valence-corrected chi connectivity index (χ2v) is 6.59. The number of halogens is 5. The van der Waals surface area contributed by atoms with Crippen molar-refractivity contribution in [3.05, 3.63) is 87.9 Å². The number of carbonyl (C=O) groups is 1. The standard InChI is InChI=1S/C20H11F5N4O4/c21-10-2-1-5-26-17(10)16(9-3-4-14(11(22)6-9)33-20(23,24)25)29-18(30)12-7-15-13(8-27-12)28-19(31)32-15/h1-8,16H,(H,28,31)(H,29,30). The van der Waals surface area contributed by atoms with E-state index in [0.717, 1.165) is 24.4 Å². The molecule has 1 unspecified atom stereocenters. The van der Waals surface area contributed by atoms with Gasteiger partial charge in [0.15, 0.2) is 17.1 Å². The summed E-state index contributed by atoms with van der Waals surface area (Å²) in [6.45, 7) is 0. The van der Waals surface area contributed by atoms with Crippen LogP contribution in [0, 0.1) is 11.6 Å². The van der Waals surface area contributed by atoms with Crippen LogP contribution in [0.1, 0.15) is 27.8 Å². The van der Waals surface area contributed by atoms with Gasteiger partial charge < -0.3 is 14.5 Å². The second-order valence-electron chi connectivity index (χ2n) is 6.59. The van der Waals surface area contributed by atoms with Gasteiger partial charge in [0.05, 0.1) is 12.2 Å². The van der Waals surface area contributed by atoms with Crippen molar-refractivity contribution in [1.29, 1.82) is 0 Å². The molecule has 0 aliphatic carbocycles. The number of aromatic nitrogens is 3. The molecule has 3 aromatic heterocycles. The fourth-order valence-corrected chi connectivity index (χ4v) is 3.00. The van der Waals surface area contributed by atoms with Gasteiger partial charge in [0.2, 0.25) is 0 Å². The number of pyridine rings is 2. The fourth-order valence-electron chi connectivity index (χ4n) is 3.00. The van der Waals surface area contributed by atoms with Crippen LogP contribution in [-0.2, 0) is 0 Å². The number of hydrogen-bond donors (Lipinski definition) is 2. The van der Waals surface area contributed by atoms with Crippen LogP contribution >= 0.6 is 0 Å². The maximum Gasteiger partial charge on any atom is 0.573 e. The molecule has 13 heteroatoms. The third-order valence-electron chi connectivity index (χ3n) is 4.39. The quantitative estimate of drug-likeness (QED) is 0.435. The first-order valence-corrected chi connectivity index (χ1v) is 9.06. The molecule has 4 rings (SSSR count). The topological polar surface area (TPSA) is 110 Å². The molecule has 0 saturated heterocycles. The molecule has 33 heavy (non-hydrogen) atoms. The van der Waals surface area contributed by atoms with E-state index in [2.05, 4.69) is 25.0 Å². The third kappa shape index (κ3) is 4.81. The van der Waals surface area contributed by atoms with Gasteiger partial charge in [0.25, 0.3) is 5.91 Å². The summed E-state index contributed by atoms with van der Waals surface area (Å²) in [6, 6.07) is 4.42. The second kappa shape index (κ2) is 8.33. The summed E-state index contributed by atoms with van der Waals surface area (Å²) in [5, 5.41) is 2.41. The van der Waals surface area contributed by atoms with Gasteiger partial charge in [-0.1, -0.05) is 6.07 Å². The zero-order valence-corrected chi connectivity index (χ0v) is 16.1. The molecule has 1 atom stereocenters. The van der Waals surface area contributed by atoms with Gasteiger partial charge in [-0.05, 0) is 29.8 Å². The van der Waals surface area contributed by atoms with Gasteiger partial charge in [-0.2, -0.15) is 0 Å². The molecule has 0 aliphatic rings. The number of carbonyl (C=O) groups excluding carboxylic acids is 1. The molecule has 0 bridgehead atoms. The highest BCUT2D eigenvalue weighted by Crippen LogP contribution is 2.30. The van der Waals surface area contributed by atoms with Gasteiger partial charge in [-0.15, -0.1) is 13.2 Å². The Morgan fingerprint density at radius 1 is 1.12 bits per heavy atom. The Labute approximate surface area is 180 Å². The lowest BCUT2D eigenvalue weighted by atomic mass is 10.0. The number of nitrogens with one attached hydrogen (secondary N) is 2. The van der Waals surface area contributed by atoms with E-state index in [4.69, 9.17) is 4.42 Å². The highest BCUT2D eigenvalue weighted by Gasteiger charge is 2.33. The summed E-state index contributed by atoms with van der Waals surface area (Å²) in [6.07, 6.45) is -2.75.